The van der Waals surface area contributed by atoms with E-state index in [4.69, 9.17) is 91.9 Å². The summed E-state index contributed by atoms with van der Waals surface area (Å²) in [6, 6.07) is 0. The van der Waals surface area contributed by atoms with Crippen molar-refractivity contribution in [1.29, 1.82) is 0 Å². The van der Waals surface area contributed by atoms with Crippen molar-refractivity contribution in [2.24, 2.45) is 0 Å². The molecule has 0 aliphatic rings. The zero-order chi connectivity index (χ0) is 21.5. The molecule has 0 aliphatic heterocycles. The minimum absolute atomic E-state index is 0. The van der Waals surface area contributed by atoms with Crippen molar-refractivity contribution in [2.75, 3.05) is 0 Å². The molecule has 8 N–H and O–H groups in total. The summed E-state index contributed by atoms with van der Waals surface area (Å²) in [4.78, 5) is 49.5. The fourth-order valence-electron chi connectivity index (χ4n) is 0. The van der Waals surface area contributed by atoms with Gasteiger partial charge in [-0.05, 0) is 0 Å². The van der Waals surface area contributed by atoms with E-state index in [2.05, 4.69) is 0 Å². The summed E-state index contributed by atoms with van der Waals surface area (Å²) in [6.45, 7) is 0. The van der Waals surface area contributed by atoms with Crippen molar-refractivity contribution in [1.82, 2.24) is 12.3 Å². The number of hydrogen-bond donors (Lipinski definition) is 2. The van der Waals surface area contributed by atoms with Crippen molar-refractivity contribution in [3.8, 4) is 0 Å². The van der Waals surface area contributed by atoms with E-state index in [0.717, 1.165) is 0 Å². The van der Waals surface area contributed by atoms with Gasteiger partial charge in [0, 0.05) is 0 Å². The van der Waals surface area contributed by atoms with Gasteiger partial charge in [0.2, 0.25) is 0 Å². The maximum absolute atomic E-state index is 8.25. The molecular formula is H8N8O18Th. The molecule has 0 saturated carbocycles. The minimum atomic E-state index is -1.75. The first-order chi connectivity index (χ1) is 10.4. The van der Waals surface area contributed by atoms with Crippen LogP contribution in [0.5, 0.6) is 0 Å². The van der Waals surface area contributed by atoms with Gasteiger partial charge in [-0.1, -0.05) is 0 Å². The molecule has 0 saturated heterocycles. The van der Waals surface area contributed by atoms with Crippen LogP contribution in [0.4, 0.5) is 0 Å². The van der Waals surface area contributed by atoms with Gasteiger partial charge in [-0.3, -0.25) is 0 Å². The monoisotopic (exact) mass is 640 g/mol. The minimum Gasteiger partial charge on any atom is -0.369 e. The van der Waals surface area contributed by atoms with E-state index in [1.54, 1.807) is 0 Å². The van der Waals surface area contributed by atoms with Crippen LogP contribution in [0.1, 0.15) is 0 Å². The molecule has 0 atom stereocenters. The Balaban J connectivity index is -0.0000000201. The molecule has 27 heteroatoms. The van der Waals surface area contributed by atoms with Gasteiger partial charge in [-0.15, -0.1) is 0 Å². The van der Waals surface area contributed by atoms with Gasteiger partial charge < -0.3 is 104 Å². The van der Waals surface area contributed by atoms with Gasteiger partial charge in [0.05, 0.1) is 30.5 Å². The van der Waals surface area contributed by atoms with Crippen LogP contribution in [0.15, 0.2) is 0 Å². The number of hydrogen-bond acceptors (Lipinski definition) is 18. The molecule has 0 aromatic heterocycles. The molecule has 0 unspecified atom stereocenters. The van der Waals surface area contributed by atoms with Crippen molar-refractivity contribution >= 4 is 0 Å². The summed E-state index contributed by atoms with van der Waals surface area (Å²) < 4.78 is 0. The molecule has 0 radical (unpaired) electrons. The Morgan fingerprint density at radius 3 is 0.296 bits per heavy atom. The molecule has 160 valence electrons. The molecule has 27 heavy (non-hydrogen) atoms. The summed E-state index contributed by atoms with van der Waals surface area (Å²) in [6.07, 6.45) is 0. The van der Waals surface area contributed by atoms with E-state index in [0.29, 0.717) is 0 Å². The molecule has 0 fully saturated rings. The van der Waals surface area contributed by atoms with Crippen LogP contribution >= 0.6 is 0 Å². The zero-order valence-corrected chi connectivity index (χ0v) is 16.6. The average Bonchev–Trinajstić information content (AvgIpc) is 2.08. The first-order valence-corrected chi connectivity index (χ1v) is 3.29. The second-order valence-electron chi connectivity index (χ2n) is 1.34. The summed E-state index contributed by atoms with van der Waals surface area (Å²) in [5, 5.41) is 88.5. The van der Waals surface area contributed by atoms with Crippen molar-refractivity contribution < 1.29 is 70.5 Å². The Morgan fingerprint density at radius 1 is 0.296 bits per heavy atom. The molecule has 0 rings (SSSR count). The van der Waals surface area contributed by atoms with Crippen molar-refractivity contribution in [3.05, 3.63) is 91.9 Å². The SMILES string of the molecule is O=[N+]([O-])[O-].O=[N+]([O-])[O-].O=[N+]([O-])[O-].O=[N+]([O-])[O-].O=[N+]([O-])[O-].O=[N+]([O-])[O-].[NH4+].[NH4+].[Th+4]. The van der Waals surface area contributed by atoms with Gasteiger partial charge >= 0.3 is 39.9 Å². The van der Waals surface area contributed by atoms with Crippen LogP contribution in [0.25, 0.3) is 0 Å². The quantitative estimate of drug-likeness (QED) is 0.244. The Hall–Kier alpha value is -3.56. The predicted molar refractivity (Wildman–Crippen MR) is 74.1 cm³/mol. The van der Waals surface area contributed by atoms with Gasteiger partial charge in [-0.2, -0.15) is 0 Å². The van der Waals surface area contributed by atoms with Crippen LogP contribution in [0.3, 0.4) is 0 Å². The number of quaternary nitrogens is 2. The van der Waals surface area contributed by atoms with E-state index in [1.165, 1.54) is 0 Å². The Morgan fingerprint density at radius 2 is 0.296 bits per heavy atom. The van der Waals surface area contributed by atoms with E-state index in [9.17, 15) is 0 Å². The summed E-state index contributed by atoms with van der Waals surface area (Å²) in [7, 11) is 0. The van der Waals surface area contributed by atoms with Crippen LogP contribution in [-0.4, -0.2) is 30.5 Å². The Kier molecular flexibility index (Phi) is 104. The van der Waals surface area contributed by atoms with Gasteiger partial charge in [-0.25, -0.2) is 0 Å². The van der Waals surface area contributed by atoms with Crippen LogP contribution in [0.2, 0.25) is 0 Å². The van der Waals surface area contributed by atoms with Crippen LogP contribution < -0.4 is 12.3 Å². The molecular weight excluding hydrogens is 632 g/mol. The molecule has 0 aromatic carbocycles. The normalized spacial score (nSPS) is 5.33. The van der Waals surface area contributed by atoms with Crippen molar-refractivity contribution in [3.63, 3.8) is 0 Å². The van der Waals surface area contributed by atoms with Gasteiger partial charge in [0.15, 0.2) is 0 Å². The van der Waals surface area contributed by atoms with E-state index in [-0.39, 0.29) is 52.2 Å². The topological polar surface area (TPSA) is 470 Å². The average molecular weight is 640 g/mol. The second-order valence-corrected chi connectivity index (χ2v) is 1.34. The number of nitrogens with zero attached hydrogens (tertiary/aromatic N) is 6. The molecule has 0 spiro atoms. The molecule has 0 bridgehead atoms. The van der Waals surface area contributed by atoms with Crippen molar-refractivity contribution in [2.45, 2.75) is 0 Å². The largest absolute Gasteiger partial charge is 4.00 e. The van der Waals surface area contributed by atoms with Crippen LogP contribution in [0, 0.1) is 132 Å². The molecule has 0 aromatic rings. The fraction of sp³-hybridized carbons (Fsp3) is 0. The third-order valence-corrected chi connectivity index (χ3v) is 0. The maximum Gasteiger partial charge on any atom is 4.00 e. The Bertz CT molecular complexity index is 260. The third kappa shape index (κ3) is 742. The number of rotatable bonds is 0. The Labute approximate surface area is 174 Å². The maximum atomic E-state index is 8.25. The second kappa shape index (κ2) is 49.5. The molecule has 0 heterocycles. The summed E-state index contributed by atoms with van der Waals surface area (Å²) in [5.41, 5.74) is 0. The molecule has 0 amide bonds. The molecule has 26 nitrogen and oxygen atoms in total. The smallest absolute Gasteiger partial charge is 0.369 e. The van der Waals surface area contributed by atoms with E-state index >= 15 is 0 Å². The standard InChI is InChI=1S/6NO3.2H3N.Th/c6*2-1(3)4;;;/h;;;;;;2*1H3;/q6*-1;;;+4/p+2. The van der Waals surface area contributed by atoms with Gasteiger partial charge in [0.1, 0.15) is 0 Å². The third-order valence-electron chi connectivity index (χ3n) is 0. The zero-order valence-electron chi connectivity index (χ0n) is 12.5. The fourth-order valence-corrected chi connectivity index (χ4v) is 0. The predicted octanol–water partition coefficient (Wildman–Crippen LogP) is -0.682. The van der Waals surface area contributed by atoms with E-state index < -0.39 is 30.5 Å². The summed E-state index contributed by atoms with van der Waals surface area (Å²) in [5.74, 6) is 0. The molecule has 0 aliphatic carbocycles. The van der Waals surface area contributed by atoms with Gasteiger partial charge in [0.25, 0.3) is 0 Å². The van der Waals surface area contributed by atoms with Crippen LogP contribution in [-0.2, 0) is 0 Å². The first kappa shape index (κ1) is 56.6. The van der Waals surface area contributed by atoms with E-state index in [1.807, 2.05) is 0 Å². The first-order valence-electron chi connectivity index (χ1n) is 3.29. The summed E-state index contributed by atoms with van der Waals surface area (Å²) >= 11 is 0.